The van der Waals surface area contributed by atoms with Crippen molar-refractivity contribution in [2.24, 2.45) is 5.92 Å². The Morgan fingerprint density at radius 3 is 2.88 bits per heavy atom. The van der Waals surface area contributed by atoms with Gasteiger partial charge < -0.3 is 10.1 Å². The van der Waals surface area contributed by atoms with Gasteiger partial charge in [-0.3, -0.25) is 0 Å². The number of hydrogen-bond acceptors (Lipinski definition) is 2. The van der Waals surface area contributed by atoms with E-state index < -0.39 is 0 Å². The molecule has 2 nitrogen and oxygen atoms in total. The minimum Gasteiger partial charge on any atom is -0.497 e. The lowest BCUT2D eigenvalue weighted by atomic mass is 9.85. The zero-order chi connectivity index (χ0) is 11.4. The fourth-order valence-corrected chi connectivity index (χ4v) is 2.07. The van der Waals surface area contributed by atoms with E-state index in [0.717, 1.165) is 18.2 Å². The van der Waals surface area contributed by atoms with E-state index in [4.69, 9.17) is 4.74 Å². The van der Waals surface area contributed by atoms with Crippen molar-refractivity contribution in [3.05, 3.63) is 29.8 Å². The van der Waals surface area contributed by atoms with E-state index in [1.54, 1.807) is 7.11 Å². The Morgan fingerprint density at radius 2 is 2.25 bits per heavy atom. The summed E-state index contributed by atoms with van der Waals surface area (Å²) in [4.78, 5) is 0. The summed E-state index contributed by atoms with van der Waals surface area (Å²) in [6, 6.07) is 8.72. The first-order valence-electron chi connectivity index (χ1n) is 6.17. The molecule has 0 aliphatic heterocycles. The molecule has 1 aromatic carbocycles. The highest BCUT2D eigenvalue weighted by Crippen LogP contribution is 2.26. The van der Waals surface area contributed by atoms with Gasteiger partial charge in [0.1, 0.15) is 5.75 Å². The third-order valence-corrected chi connectivity index (χ3v) is 3.53. The largest absolute Gasteiger partial charge is 0.497 e. The van der Waals surface area contributed by atoms with Gasteiger partial charge in [-0.15, -0.1) is 0 Å². The average molecular weight is 219 g/mol. The maximum absolute atomic E-state index is 5.24. The molecule has 2 heteroatoms. The Morgan fingerprint density at radius 1 is 1.44 bits per heavy atom. The molecule has 1 aliphatic rings. The molecule has 2 rings (SSSR count). The minimum atomic E-state index is 0.413. The number of benzene rings is 1. The summed E-state index contributed by atoms with van der Waals surface area (Å²) in [5.74, 6) is 1.85. The Hall–Kier alpha value is -1.02. The van der Waals surface area contributed by atoms with Gasteiger partial charge in [-0.25, -0.2) is 0 Å². The molecule has 0 aromatic heterocycles. The maximum Gasteiger partial charge on any atom is 0.119 e. The SMILES string of the molecule is COc1cccc([C@H](C)NCC2CCC2)c1. The Balaban J connectivity index is 1.88. The van der Waals surface area contributed by atoms with Crippen LogP contribution in [-0.4, -0.2) is 13.7 Å². The highest BCUT2D eigenvalue weighted by molar-refractivity contribution is 5.30. The van der Waals surface area contributed by atoms with E-state index in [0.29, 0.717) is 6.04 Å². The molecule has 1 atom stereocenters. The first-order valence-corrected chi connectivity index (χ1v) is 6.17. The molecule has 1 aliphatic carbocycles. The topological polar surface area (TPSA) is 21.3 Å². The van der Waals surface area contributed by atoms with Crippen molar-refractivity contribution in [2.75, 3.05) is 13.7 Å². The minimum absolute atomic E-state index is 0.413. The van der Waals surface area contributed by atoms with Crippen LogP contribution < -0.4 is 10.1 Å². The third kappa shape index (κ3) is 2.76. The van der Waals surface area contributed by atoms with Crippen LogP contribution in [0.25, 0.3) is 0 Å². The fraction of sp³-hybridized carbons (Fsp3) is 0.571. The van der Waals surface area contributed by atoms with Crippen LogP contribution in [0, 0.1) is 5.92 Å². The van der Waals surface area contributed by atoms with Gasteiger partial charge in [-0.05, 0) is 49.9 Å². The summed E-state index contributed by atoms with van der Waals surface area (Å²) < 4.78 is 5.24. The molecule has 1 fully saturated rings. The van der Waals surface area contributed by atoms with Crippen molar-refractivity contribution in [1.29, 1.82) is 0 Å². The average Bonchev–Trinajstić information content (AvgIpc) is 2.27. The van der Waals surface area contributed by atoms with Gasteiger partial charge in [0.05, 0.1) is 7.11 Å². The predicted molar refractivity (Wildman–Crippen MR) is 66.8 cm³/mol. The summed E-state index contributed by atoms with van der Waals surface area (Å²) in [5, 5.41) is 3.60. The van der Waals surface area contributed by atoms with Gasteiger partial charge in [-0.2, -0.15) is 0 Å². The van der Waals surface area contributed by atoms with Crippen molar-refractivity contribution in [1.82, 2.24) is 5.32 Å². The molecule has 88 valence electrons. The van der Waals surface area contributed by atoms with Crippen LogP contribution in [0.2, 0.25) is 0 Å². The predicted octanol–water partition coefficient (Wildman–Crippen LogP) is 3.15. The smallest absolute Gasteiger partial charge is 0.119 e. The molecule has 0 bridgehead atoms. The number of ether oxygens (including phenoxy) is 1. The van der Waals surface area contributed by atoms with Crippen molar-refractivity contribution >= 4 is 0 Å². The van der Waals surface area contributed by atoms with E-state index in [1.807, 2.05) is 6.07 Å². The van der Waals surface area contributed by atoms with E-state index >= 15 is 0 Å². The van der Waals surface area contributed by atoms with Crippen LogP contribution in [-0.2, 0) is 0 Å². The number of nitrogens with one attached hydrogen (secondary N) is 1. The molecule has 0 spiro atoms. The maximum atomic E-state index is 5.24. The highest BCUT2D eigenvalue weighted by Gasteiger charge is 2.17. The van der Waals surface area contributed by atoms with E-state index in [2.05, 4.69) is 30.4 Å². The Labute approximate surface area is 98.0 Å². The molecule has 1 saturated carbocycles. The van der Waals surface area contributed by atoms with Gasteiger partial charge in [-0.1, -0.05) is 18.6 Å². The second-order valence-corrected chi connectivity index (χ2v) is 4.70. The molecular formula is C14H21NO. The van der Waals surface area contributed by atoms with Gasteiger partial charge >= 0.3 is 0 Å². The van der Waals surface area contributed by atoms with Gasteiger partial charge in [0.2, 0.25) is 0 Å². The molecule has 16 heavy (non-hydrogen) atoms. The number of hydrogen-bond donors (Lipinski definition) is 1. The lowest BCUT2D eigenvalue weighted by Crippen LogP contribution is -2.29. The Kier molecular flexibility index (Phi) is 3.83. The van der Waals surface area contributed by atoms with Crippen LogP contribution in [0.15, 0.2) is 24.3 Å². The zero-order valence-electron chi connectivity index (χ0n) is 10.2. The summed E-state index contributed by atoms with van der Waals surface area (Å²) in [6.45, 7) is 3.37. The molecule has 1 aromatic rings. The van der Waals surface area contributed by atoms with Crippen LogP contribution in [0.3, 0.4) is 0 Å². The summed E-state index contributed by atoms with van der Waals surface area (Å²) in [7, 11) is 1.71. The molecular weight excluding hydrogens is 198 g/mol. The highest BCUT2D eigenvalue weighted by atomic mass is 16.5. The molecule has 0 heterocycles. The second-order valence-electron chi connectivity index (χ2n) is 4.70. The van der Waals surface area contributed by atoms with Gasteiger partial charge in [0.25, 0.3) is 0 Å². The first kappa shape index (κ1) is 11.5. The summed E-state index contributed by atoms with van der Waals surface area (Å²) >= 11 is 0. The first-order chi connectivity index (χ1) is 7.79. The van der Waals surface area contributed by atoms with Crippen molar-refractivity contribution < 1.29 is 4.74 Å². The van der Waals surface area contributed by atoms with E-state index in [1.165, 1.54) is 24.8 Å². The summed E-state index contributed by atoms with van der Waals surface area (Å²) in [6.07, 6.45) is 4.22. The van der Waals surface area contributed by atoms with Crippen LogP contribution >= 0.6 is 0 Å². The second kappa shape index (κ2) is 5.35. The number of rotatable bonds is 5. The van der Waals surface area contributed by atoms with Crippen molar-refractivity contribution in [3.63, 3.8) is 0 Å². The van der Waals surface area contributed by atoms with Crippen molar-refractivity contribution in [2.45, 2.75) is 32.2 Å². The monoisotopic (exact) mass is 219 g/mol. The van der Waals surface area contributed by atoms with Crippen LogP contribution in [0.5, 0.6) is 5.75 Å². The number of methoxy groups -OCH3 is 1. The molecule has 0 unspecified atom stereocenters. The van der Waals surface area contributed by atoms with Gasteiger partial charge in [0.15, 0.2) is 0 Å². The molecule has 0 amide bonds. The summed E-state index contributed by atoms with van der Waals surface area (Å²) in [5.41, 5.74) is 1.30. The van der Waals surface area contributed by atoms with E-state index in [-0.39, 0.29) is 0 Å². The third-order valence-electron chi connectivity index (χ3n) is 3.53. The molecule has 1 N–H and O–H groups in total. The lowest BCUT2D eigenvalue weighted by Gasteiger charge is -2.27. The van der Waals surface area contributed by atoms with E-state index in [9.17, 15) is 0 Å². The standard InChI is InChI=1S/C14H21NO/c1-11(15-10-12-5-3-6-12)13-7-4-8-14(9-13)16-2/h4,7-9,11-12,15H,3,5-6,10H2,1-2H3/t11-/m0/s1. The quantitative estimate of drug-likeness (QED) is 0.821. The fourth-order valence-electron chi connectivity index (χ4n) is 2.07. The lowest BCUT2D eigenvalue weighted by molar-refractivity contribution is 0.292. The molecule has 0 saturated heterocycles. The van der Waals surface area contributed by atoms with Crippen molar-refractivity contribution in [3.8, 4) is 5.75 Å². The molecule has 0 radical (unpaired) electrons. The van der Waals surface area contributed by atoms with Crippen LogP contribution in [0.1, 0.15) is 37.8 Å². The zero-order valence-corrected chi connectivity index (χ0v) is 10.2. The van der Waals surface area contributed by atoms with Crippen LogP contribution in [0.4, 0.5) is 0 Å². The van der Waals surface area contributed by atoms with Gasteiger partial charge in [0, 0.05) is 6.04 Å². The normalized spacial score (nSPS) is 17.9. The Bertz CT molecular complexity index is 333.